The Balaban J connectivity index is 2.13. The molecule has 1 aliphatic carbocycles. The van der Waals surface area contributed by atoms with Gasteiger partial charge in [0.25, 0.3) is 0 Å². The summed E-state index contributed by atoms with van der Waals surface area (Å²) in [6, 6.07) is 0.245. The van der Waals surface area contributed by atoms with Gasteiger partial charge in [-0.25, -0.2) is 0 Å². The van der Waals surface area contributed by atoms with Gasteiger partial charge in [0.05, 0.1) is 6.04 Å². The standard InChI is InChI=1S/C9H15NO/c1-5-7-4-10(3)9(6(2)11)8(5)7/h5,7-9H,4H2,1-3H3/t5-,7+,8-,9+/m0/s1. The molecule has 62 valence electrons. The largest absolute Gasteiger partial charge is 0.298 e. The predicted octanol–water partition coefficient (Wildman–Crippen LogP) is 0.772. The minimum absolute atomic E-state index is 0.245. The molecule has 0 aromatic heterocycles. The molecule has 1 saturated heterocycles. The first-order valence-corrected chi connectivity index (χ1v) is 4.33. The zero-order chi connectivity index (χ0) is 8.17. The molecular weight excluding hydrogens is 138 g/mol. The first-order valence-electron chi connectivity index (χ1n) is 4.33. The highest BCUT2D eigenvalue weighted by atomic mass is 16.1. The SMILES string of the molecule is CC(=O)[C@@H]1[C@H]2[C@@H](C)[C@H]2CN1C. The van der Waals surface area contributed by atoms with E-state index in [0.717, 1.165) is 18.4 Å². The Morgan fingerprint density at radius 2 is 2.18 bits per heavy atom. The molecule has 1 aliphatic heterocycles. The van der Waals surface area contributed by atoms with Crippen LogP contribution in [0.1, 0.15) is 13.8 Å². The summed E-state index contributed by atoms with van der Waals surface area (Å²) in [5.41, 5.74) is 0. The molecule has 0 bridgehead atoms. The summed E-state index contributed by atoms with van der Waals surface area (Å²) in [5.74, 6) is 2.68. The van der Waals surface area contributed by atoms with Crippen molar-refractivity contribution in [3.05, 3.63) is 0 Å². The Hall–Kier alpha value is -0.370. The number of carbonyl (C=O) groups excluding carboxylic acids is 1. The topological polar surface area (TPSA) is 20.3 Å². The van der Waals surface area contributed by atoms with Gasteiger partial charge in [-0.1, -0.05) is 6.92 Å². The Bertz CT molecular complexity index is 202. The third-order valence-electron chi connectivity index (χ3n) is 3.39. The van der Waals surface area contributed by atoms with Gasteiger partial charge in [0, 0.05) is 6.54 Å². The zero-order valence-corrected chi connectivity index (χ0v) is 7.37. The highest BCUT2D eigenvalue weighted by Gasteiger charge is 2.58. The van der Waals surface area contributed by atoms with Gasteiger partial charge in [0.1, 0.15) is 5.78 Å². The molecule has 2 fully saturated rings. The van der Waals surface area contributed by atoms with Crippen LogP contribution in [-0.2, 0) is 4.79 Å². The number of hydrogen-bond acceptors (Lipinski definition) is 2. The van der Waals surface area contributed by atoms with E-state index in [0.29, 0.717) is 11.7 Å². The second-order valence-electron chi connectivity index (χ2n) is 4.10. The predicted molar refractivity (Wildman–Crippen MR) is 43.2 cm³/mol. The number of likely N-dealkylation sites (N-methyl/N-ethyl adjacent to an activating group) is 1. The molecule has 2 heteroatoms. The summed E-state index contributed by atoms with van der Waals surface area (Å²) in [4.78, 5) is 13.4. The van der Waals surface area contributed by atoms with Gasteiger partial charge in [-0.2, -0.15) is 0 Å². The summed E-state index contributed by atoms with van der Waals surface area (Å²) in [6.07, 6.45) is 0. The smallest absolute Gasteiger partial charge is 0.147 e. The van der Waals surface area contributed by atoms with Crippen molar-refractivity contribution < 1.29 is 4.79 Å². The maximum Gasteiger partial charge on any atom is 0.147 e. The monoisotopic (exact) mass is 153 g/mol. The van der Waals surface area contributed by atoms with Crippen molar-refractivity contribution in [1.29, 1.82) is 0 Å². The van der Waals surface area contributed by atoms with Crippen LogP contribution in [-0.4, -0.2) is 30.3 Å². The molecule has 0 amide bonds. The molecule has 4 atom stereocenters. The average molecular weight is 153 g/mol. The van der Waals surface area contributed by atoms with Gasteiger partial charge in [-0.3, -0.25) is 9.69 Å². The Morgan fingerprint density at radius 1 is 1.55 bits per heavy atom. The van der Waals surface area contributed by atoms with Crippen molar-refractivity contribution in [1.82, 2.24) is 4.90 Å². The van der Waals surface area contributed by atoms with Gasteiger partial charge in [0.2, 0.25) is 0 Å². The molecule has 0 aromatic carbocycles. The lowest BCUT2D eigenvalue weighted by atomic mass is 10.1. The van der Waals surface area contributed by atoms with E-state index in [1.54, 1.807) is 6.92 Å². The highest BCUT2D eigenvalue weighted by Crippen LogP contribution is 2.54. The summed E-state index contributed by atoms with van der Waals surface area (Å²) in [6.45, 7) is 5.11. The molecule has 1 saturated carbocycles. The fourth-order valence-electron chi connectivity index (χ4n) is 2.71. The van der Waals surface area contributed by atoms with Crippen molar-refractivity contribution in [2.75, 3.05) is 13.6 Å². The van der Waals surface area contributed by atoms with Crippen LogP contribution in [0.3, 0.4) is 0 Å². The van der Waals surface area contributed by atoms with E-state index in [9.17, 15) is 4.79 Å². The van der Waals surface area contributed by atoms with E-state index in [-0.39, 0.29) is 6.04 Å². The third-order valence-corrected chi connectivity index (χ3v) is 3.39. The highest BCUT2D eigenvalue weighted by molar-refractivity contribution is 5.82. The maximum absolute atomic E-state index is 11.2. The summed E-state index contributed by atoms with van der Waals surface area (Å²) < 4.78 is 0. The lowest BCUT2D eigenvalue weighted by Gasteiger charge is -2.20. The van der Waals surface area contributed by atoms with Crippen LogP contribution in [0, 0.1) is 17.8 Å². The molecule has 2 nitrogen and oxygen atoms in total. The average Bonchev–Trinajstić information content (AvgIpc) is 2.45. The molecule has 0 spiro atoms. The number of nitrogens with zero attached hydrogens (tertiary/aromatic N) is 1. The zero-order valence-electron chi connectivity index (χ0n) is 7.37. The minimum Gasteiger partial charge on any atom is -0.298 e. The summed E-state index contributed by atoms with van der Waals surface area (Å²) >= 11 is 0. The maximum atomic E-state index is 11.2. The van der Waals surface area contributed by atoms with E-state index in [1.165, 1.54) is 0 Å². The van der Waals surface area contributed by atoms with Crippen LogP contribution >= 0.6 is 0 Å². The van der Waals surface area contributed by atoms with E-state index >= 15 is 0 Å². The second kappa shape index (κ2) is 2.07. The lowest BCUT2D eigenvalue weighted by molar-refractivity contribution is -0.121. The van der Waals surface area contributed by atoms with Crippen LogP contribution < -0.4 is 0 Å². The van der Waals surface area contributed by atoms with E-state index in [4.69, 9.17) is 0 Å². The quantitative estimate of drug-likeness (QED) is 0.554. The first kappa shape index (κ1) is 7.29. The molecule has 2 aliphatic rings. The fraction of sp³-hybridized carbons (Fsp3) is 0.889. The molecule has 0 unspecified atom stereocenters. The molecular formula is C9H15NO. The van der Waals surface area contributed by atoms with Crippen LogP contribution in [0.2, 0.25) is 0 Å². The van der Waals surface area contributed by atoms with Crippen molar-refractivity contribution in [2.45, 2.75) is 19.9 Å². The van der Waals surface area contributed by atoms with E-state index in [1.807, 2.05) is 0 Å². The summed E-state index contributed by atoms with van der Waals surface area (Å²) in [5, 5.41) is 0. The number of rotatable bonds is 1. The Labute approximate surface area is 67.6 Å². The molecule has 1 heterocycles. The van der Waals surface area contributed by atoms with E-state index in [2.05, 4.69) is 18.9 Å². The van der Waals surface area contributed by atoms with Gasteiger partial charge in [0.15, 0.2) is 0 Å². The van der Waals surface area contributed by atoms with Gasteiger partial charge in [-0.05, 0) is 31.7 Å². The van der Waals surface area contributed by atoms with Gasteiger partial charge in [-0.15, -0.1) is 0 Å². The molecule has 11 heavy (non-hydrogen) atoms. The number of likely N-dealkylation sites (tertiary alicyclic amines) is 1. The lowest BCUT2D eigenvalue weighted by Crippen LogP contribution is -2.36. The first-order chi connectivity index (χ1) is 5.13. The third kappa shape index (κ3) is 0.853. The van der Waals surface area contributed by atoms with Crippen LogP contribution in [0.4, 0.5) is 0 Å². The number of hydrogen-bond donors (Lipinski definition) is 0. The second-order valence-corrected chi connectivity index (χ2v) is 4.10. The van der Waals surface area contributed by atoms with Crippen molar-refractivity contribution >= 4 is 5.78 Å². The van der Waals surface area contributed by atoms with Crippen molar-refractivity contribution in [3.8, 4) is 0 Å². The fourth-order valence-corrected chi connectivity index (χ4v) is 2.71. The molecule has 0 N–H and O–H groups in total. The van der Waals surface area contributed by atoms with E-state index < -0.39 is 0 Å². The Morgan fingerprint density at radius 3 is 2.55 bits per heavy atom. The molecule has 2 rings (SSSR count). The number of fused-ring (bicyclic) bond motifs is 1. The van der Waals surface area contributed by atoms with Gasteiger partial charge >= 0.3 is 0 Å². The summed E-state index contributed by atoms with van der Waals surface area (Å²) in [7, 11) is 2.06. The number of carbonyl (C=O) groups is 1. The number of piperidine rings is 1. The van der Waals surface area contributed by atoms with Crippen molar-refractivity contribution in [2.24, 2.45) is 17.8 Å². The van der Waals surface area contributed by atoms with Crippen molar-refractivity contribution in [3.63, 3.8) is 0 Å². The van der Waals surface area contributed by atoms with Gasteiger partial charge < -0.3 is 0 Å². The normalized spacial score (nSPS) is 49.0. The minimum atomic E-state index is 0.245. The number of Topliss-reactive ketones (excluding diaryl/α,β-unsaturated/α-hetero) is 1. The van der Waals surface area contributed by atoms with Crippen LogP contribution in [0.15, 0.2) is 0 Å². The number of ketones is 1. The Kier molecular flexibility index (Phi) is 1.37. The molecule has 0 radical (unpaired) electrons. The molecule has 0 aromatic rings. The van der Waals surface area contributed by atoms with Crippen LogP contribution in [0.25, 0.3) is 0 Å². The van der Waals surface area contributed by atoms with Crippen LogP contribution in [0.5, 0.6) is 0 Å².